The molecule has 1 aliphatic heterocycles. The minimum absolute atomic E-state index is 0. The van der Waals surface area contributed by atoms with Crippen LogP contribution < -0.4 is 10.1 Å². The fraction of sp³-hybridized carbons (Fsp3) is 0.611. The summed E-state index contributed by atoms with van der Waals surface area (Å²) in [4.78, 5) is 22.0. The molecule has 1 saturated heterocycles. The molecule has 0 amide bonds. The van der Waals surface area contributed by atoms with Crippen LogP contribution in [0.2, 0.25) is 0 Å². The number of nitrogens with one attached hydrogen (secondary N) is 1. The number of hydrogen-bond donors (Lipinski definition) is 1. The third kappa shape index (κ3) is 8.62. The highest BCUT2D eigenvalue weighted by Crippen LogP contribution is 2.19. The Balaban J connectivity index is 0.00000420. The molecule has 29 heavy (non-hydrogen) atoms. The number of halogens is 4. The zero-order valence-corrected chi connectivity index (χ0v) is 18.7. The Hall–Kier alpha value is -1.79. The Morgan fingerprint density at radius 2 is 2.03 bits per heavy atom. The average molecular weight is 530 g/mol. The van der Waals surface area contributed by atoms with E-state index in [1.807, 2.05) is 0 Å². The van der Waals surface area contributed by atoms with E-state index < -0.39 is 12.8 Å². The second kappa shape index (κ2) is 12.0. The van der Waals surface area contributed by atoms with E-state index >= 15 is 0 Å². The summed E-state index contributed by atoms with van der Waals surface area (Å²) in [7, 11) is 1.67. The first kappa shape index (κ1) is 25.2. The maximum absolute atomic E-state index is 12.1. The molecule has 7 nitrogen and oxygen atoms in total. The van der Waals surface area contributed by atoms with Gasteiger partial charge in [-0.15, -0.1) is 24.0 Å². The van der Waals surface area contributed by atoms with Crippen LogP contribution in [0.4, 0.5) is 13.2 Å². The van der Waals surface area contributed by atoms with Crippen LogP contribution in [0.15, 0.2) is 23.3 Å². The Morgan fingerprint density at radius 1 is 1.34 bits per heavy atom. The average Bonchev–Trinajstić information content (AvgIpc) is 2.68. The van der Waals surface area contributed by atoms with Crippen molar-refractivity contribution in [2.45, 2.75) is 32.5 Å². The molecule has 1 fully saturated rings. The number of esters is 1. The first-order valence-electron chi connectivity index (χ1n) is 9.09. The highest BCUT2D eigenvalue weighted by Gasteiger charge is 2.29. The normalized spacial score (nSPS) is 15.5. The van der Waals surface area contributed by atoms with Gasteiger partial charge in [-0.05, 0) is 25.3 Å². The van der Waals surface area contributed by atoms with Gasteiger partial charge >= 0.3 is 12.1 Å². The molecule has 164 valence electrons. The maximum atomic E-state index is 12.1. The third-order valence-corrected chi connectivity index (χ3v) is 4.26. The Morgan fingerprint density at radius 3 is 2.55 bits per heavy atom. The monoisotopic (exact) mass is 530 g/mol. The molecule has 2 rings (SSSR count). The van der Waals surface area contributed by atoms with Crippen molar-refractivity contribution in [1.29, 1.82) is 0 Å². The predicted octanol–water partition coefficient (Wildman–Crippen LogP) is 2.99. The van der Waals surface area contributed by atoms with Gasteiger partial charge in [-0.2, -0.15) is 13.2 Å². The van der Waals surface area contributed by atoms with Crippen LogP contribution in [0.5, 0.6) is 5.88 Å². The van der Waals surface area contributed by atoms with Crippen LogP contribution in [0.1, 0.15) is 25.3 Å². The summed E-state index contributed by atoms with van der Waals surface area (Å²) >= 11 is 0. The first-order chi connectivity index (χ1) is 13.3. The molecule has 11 heteroatoms. The lowest BCUT2D eigenvalue weighted by Gasteiger charge is -2.33. The zero-order valence-electron chi connectivity index (χ0n) is 16.4. The molecule has 0 aromatic carbocycles. The quantitative estimate of drug-likeness (QED) is 0.264. The van der Waals surface area contributed by atoms with E-state index in [0.717, 1.165) is 5.56 Å². The van der Waals surface area contributed by atoms with E-state index in [9.17, 15) is 18.0 Å². The van der Waals surface area contributed by atoms with Crippen molar-refractivity contribution in [3.63, 3.8) is 0 Å². The number of pyridine rings is 1. The number of likely N-dealkylation sites (tertiary alicyclic amines) is 1. The van der Waals surface area contributed by atoms with Gasteiger partial charge in [0.2, 0.25) is 5.88 Å². The van der Waals surface area contributed by atoms with E-state index in [1.165, 1.54) is 12.3 Å². The van der Waals surface area contributed by atoms with E-state index in [2.05, 4.69) is 24.9 Å². The molecule has 1 aliphatic rings. The molecular formula is C18H26F3IN4O3. The molecule has 0 aliphatic carbocycles. The number of hydrogen-bond acceptors (Lipinski definition) is 5. The standard InChI is InChI=1S/C18H25F3N4O3.HI/c1-3-27-16(26)14-6-8-25(9-7-14)17(22-2)24-11-13-4-5-15(23-10-13)28-12-18(19,20)21;/h4-5,10,14H,3,6-9,11-12H2,1-2H3,(H,22,24);1H. The summed E-state index contributed by atoms with van der Waals surface area (Å²) in [6.07, 6.45) is -1.53. The Kier molecular flexibility index (Phi) is 10.5. The molecule has 0 radical (unpaired) electrons. The zero-order chi connectivity index (χ0) is 20.6. The molecule has 0 atom stereocenters. The van der Waals surface area contributed by atoms with Crippen molar-refractivity contribution < 1.29 is 27.4 Å². The summed E-state index contributed by atoms with van der Waals surface area (Å²) in [5, 5.41) is 3.20. The molecule has 0 bridgehead atoms. The lowest BCUT2D eigenvalue weighted by atomic mass is 9.97. The molecule has 0 spiro atoms. The summed E-state index contributed by atoms with van der Waals surface area (Å²) in [6.45, 7) is 2.60. The van der Waals surface area contributed by atoms with Crippen LogP contribution in [-0.2, 0) is 16.1 Å². The van der Waals surface area contributed by atoms with Crippen molar-refractivity contribution in [3.05, 3.63) is 23.9 Å². The molecule has 1 aromatic heterocycles. The van der Waals surface area contributed by atoms with Gasteiger partial charge in [0.1, 0.15) is 0 Å². The molecule has 2 heterocycles. The second-order valence-corrected chi connectivity index (χ2v) is 6.32. The van der Waals surface area contributed by atoms with Gasteiger partial charge in [0.15, 0.2) is 12.6 Å². The number of nitrogens with zero attached hydrogens (tertiary/aromatic N) is 3. The van der Waals surface area contributed by atoms with Crippen LogP contribution in [0, 0.1) is 5.92 Å². The smallest absolute Gasteiger partial charge is 0.422 e. The second-order valence-electron chi connectivity index (χ2n) is 6.32. The molecule has 1 N–H and O–H groups in total. The van der Waals surface area contributed by atoms with Crippen LogP contribution in [0.3, 0.4) is 0 Å². The summed E-state index contributed by atoms with van der Waals surface area (Å²) in [5.41, 5.74) is 0.780. The third-order valence-electron chi connectivity index (χ3n) is 4.26. The van der Waals surface area contributed by atoms with Crippen LogP contribution >= 0.6 is 24.0 Å². The van der Waals surface area contributed by atoms with Crippen LogP contribution in [-0.4, -0.2) is 61.3 Å². The summed E-state index contributed by atoms with van der Waals surface area (Å²) in [5.74, 6) is 0.387. The van der Waals surface area contributed by atoms with E-state index in [1.54, 1.807) is 20.0 Å². The van der Waals surface area contributed by atoms with Gasteiger partial charge in [-0.1, -0.05) is 6.07 Å². The van der Waals surface area contributed by atoms with Gasteiger partial charge < -0.3 is 19.7 Å². The number of carbonyl (C=O) groups is 1. The fourth-order valence-corrected chi connectivity index (χ4v) is 2.86. The number of guanidine groups is 1. The maximum Gasteiger partial charge on any atom is 0.422 e. The molecule has 0 unspecified atom stereocenters. The number of carbonyl (C=O) groups excluding carboxylic acids is 1. The van der Waals surface area contributed by atoms with Crippen molar-refractivity contribution in [2.75, 3.05) is 33.4 Å². The summed E-state index contributed by atoms with van der Waals surface area (Å²) in [6, 6.07) is 3.04. The number of aromatic nitrogens is 1. The van der Waals surface area contributed by atoms with E-state index in [0.29, 0.717) is 45.0 Å². The summed E-state index contributed by atoms with van der Waals surface area (Å²) < 4.78 is 46.1. The Labute approximate surface area is 185 Å². The lowest BCUT2D eigenvalue weighted by molar-refractivity contribution is -0.154. The van der Waals surface area contributed by atoms with E-state index in [-0.39, 0.29) is 41.7 Å². The lowest BCUT2D eigenvalue weighted by Crippen LogP contribution is -2.46. The first-order valence-corrected chi connectivity index (χ1v) is 9.09. The van der Waals surface area contributed by atoms with Gasteiger partial charge in [-0.3, -0.25) is 9.79 Å². The Bertz CT molecular complexity index is 663. The van der Waals surface area contributed by atoms with Gasteiger partial charge in [0.25, 0.3) is 0 Å². The largest absolute Gasteiger partial charge is 0.468 e. The van der Waals surface area contributed by atoms with Gasteiger partial charge in [-0.25, -0.2) is 4.98 Å². The minimum Gasteiger partial charge on any atom is -0.468 e. The van der Waals surface area contributed by atoms with Gasteiger partial charge in [0, 0.05) is 38.9 Å². The fourth-order valence-electron chi connectivity index (χ4n) is 2.86. The van der Waals surface area contributed by atoms with Gasteiger partial charge in [0.05, 0.1) is 12.5 Å². The molecular weight excluding hydrogens is 504 g/mol. The SMILES string of the molecule is CCOC(=O)C1CCN(C(=NC)NCc2ccc(OCC(F)(F)F)nc2)CC1.I. The topological polar surface area (TPSA) is 76.0 Å². The number of piperidine rings is 1. The number of alkyl halides is 3. The highest BCUT2D eigenvalue weighted by molar-refractivity contribution is 14.0. The highest BCUT2D eigenvalue weighted by atomic mass is 127. The van der Waals surface area contributed by atoms with Crippen LogP contribution in [0.25, 0.3) is 0 Å². The predicted molar refractivity (Wildman–Crippen MR) is 112 cm³/mol. The molecule has 0 saturated carbocycles. The molecule has 1 aromatic rings. The van der Waals surface area contributed by atoms with Crippen molar-refractivity contribution in [3.8, 4) is 5.88 Å². The number of aliphatic imine (C=N–C) groups is 1. The van der Waals surface area contributed by atoms with Crippen molar-refractivity contribution in [2.24, 2.45) is 10.9 Å². The minimum atomic E-state index is -4.39. The number of ether oxygens (including phenoxy) is 2. The van der Waals surface area contributed by atoms with E-state index in [4.69, 9.17) is 4.74 Å². The van der Waals surface area contributed by atoms with Crippen molar-refractivity contribution >= 4 is 35.9 Å². The number of rotatable bonds is 6. The van der Waals surface area contributed by atoms with Crippen molar-refractivity contribution in [1.82, 2.24) is 15.2 Å².